The van der Waals surface area contributed by atoms with Crippen LogP contribution in [-0.4, -0.2) is 48.8 Å². The van der Waals surface area contributed by atoms with Crippen LogP contribution in [0.2, 0.25) is 0 Å². The Bertz CT molecular complexity index is 245. The van der Waals surface area contributed by atoms with E-state index in [9.17, 15) is 4.79 Å². The first kappa shape index (κ1) is 10.9. The fraction of sp³-hybridized carbons (Fsp3) is 0.909. The van der Waals surface area contributed by atoms with E-state index in [1.54, 1.807) is 0 Å². The monoisotopic (exact) mass is 213 g/mol. The number of aliphatic carboxylic acids is 1. The zero-order valence-electron chi connectivity index (χ0n) is 9.24. The Morgan fingerprint density at radius 2 is 2.33 bits per heavy atom. The molecule has 0 aromatic rings. The van der Waals surface area contributed by atoms with E-state index in [0.717, 1.165) is 45.7 Å². The van der Waals surface area contributed by atoms with Gasteiger partial charge in [0.2, 0.25) is 0 Å². The smallest absolute Gasteiger partial charge is 0.307 e. The van der Waals surface area contributed by atoms with Crippen LogP contribution >= 0.6 is 0 Å². The largest absolute Gasteiger partial charge is 0.481 e. The van der Waals surface area contributed by atoms with Crippen molar-refractivity contribution in [2.45, 2.75) is 19.8 Å². The molecule has 0 bridgehead atoms. The van der Waals surface area contributed by atoms with Crippen molar-refractivity contribution < 1.29 is 14.6 Å². The molecule has 2 aliphatic rings. The topological polar surface area (TPSA) is 49.8 Å². The van der Waals surface area contributed by atoms with Gasteiger partial charge in [-0.15, -0.1) is 0 Å². The van der Waals surface area contributed by atoms with Gasteiger partial charge in [0.25, 0.3) is 0 Å². The standard InChI is InChI=1S/C11H19NO3/c1-2-11(7-15-8-11)6-12-4-3-9(5-12)10(13)14/h9H,2-8H2,1H3,(H,13,14). The lowest BCUT2D eigenvalue weighted by Crippen LogP contribution is -2.50. The number of carbonyl (C=O) groups is 1. The molecule has 86 valence electrons. The van der Waals surface area contributed by atoms with Gasteiger partial charge >= 0.3 is 5.97 Å². The molecule has 0 aromatic heterocycles. The van der Waals surface area contributed by atoms with Crippen molar-refractivity contribution in [1.82, 2.24) is 4.90 Å². The highest BCUT2D eigenvalue weighted by Crippen LogP contribution is 2.33. The lowest BCUT2D eigenvalue weighted by molar-refractivity contribution is -0.142. The number of carboxylic acids is 1. The summed E-state index contributed by atoms with van der Waals surface area (Å²) in [4.78, 5) is 13.1. The molecule has 0 aromatic carbocycles. The highest BCUT2D eigenvalue weighted by Gasteiger charge is 2.40. The van der Waals surface area contributed by atoms with E-state index in [1.807, 2.05) is 0 Å². The maximum absolute atomic E-state index is 10.8. The average Bonchev–Trinajstić information content (AvgIpc) is 2.59. The molecule has 1 atom stereocenters. The third-order valence-electron chi connectivity index (χ3n) is 3.75. The number of nitrogens with zero attached hydrogens (tertiary/aromatic N) is 1. The van der Waals surface area contributed by atoms with Crippen molar-refractivity contribution in [3.8, 4) is 0 Å². The van der Waals surface area contributed by atoms with E-state index in [4.69, 9.17) is 9.84 Å². The van der Waals surface area contributed by atoms with Crippen LogP contribution in [0.5, 0.6) is 0 Å². The molecule has 2 aliphatic heterocycles. The summed E-state index contributed by atoms with van der Waals surface area (Å²) in [5.41, 5.74) is 0.313. The highest BCUT2D eigenvalue weighted by atomic mass is 16.5. The summed E-state index contributed by atoms with van der Waals surface area (Å²) in [6.45, 7) is 6.53. The van der Waals surface area contributed by atoms with E-state index >= 15 is 0 Å². The minimum Gasteiger partial charge on any atom is -0.481 e. The maximum Gasteiger partial charge on any atom is 0.307 e. The second kappa shape index (κ2) is 4.10. The van der Waals surface area contributed by atoms with Gasteiger partial charge in [0.15, 0.2) is 0 Å². The van der Waals surface area contributed by atoms with E-state index in [0.29, 0.717) is 5.41 Å². The first-order chi connectivity index (χ1) is 7.15. The number of hydrogen-bond acceptors (Lipinski definition) is 3. The van der Waals surface area contributed by atoms with Crippen LogP contribution in [0.3, 0.4) is 0 Å². The van der Waals surface area contributed by atoms with Crippen molar-refractivity contribution >= 4 is 5.97 Å². The van der Waals surface area contributed by atoms with Crippen molar-refractivity contribution in [2.75, 3.05) is 32.8 Å². The van der Waals surface area contributed by atoms with Crippen molar-refractivity contribution in [2.24, 2.45) is 11.3 Å². The van der Waals surface area contributed by atoms with Gasteiger partial charge in [0.1, 0.15) is 0 Å². The van der Waals surface area contributed by atoms with Crippen LogP contribution in [0.25, 0.3) is 0 Å². The van der Waals surface area contributed by atoms with Crippen molar-refractivity contribution in [3.63, 3.8) is 0 Å². The zero-order valence-corrected chi connectivity index (χ0v) is 9.24. The number of hydrogen-bond donors (Lipinski definition) is 1. The summed E-state index contributed by atoms with van der Waals surface area (Å²) < 4.78 is 5.27. The molecule has 1 N–H and O–H groups in total. The number of rotatable bonds is 4. The zero-order chi connectivity index (χ0) is 10.9. The molecule has 0 aliphatic carbocycles. The van der Waals surface area contributed by atoms with Crippen LogP contribution in [0.15, 0.2) is 0 Å². The Morgan fingerprint density at radius 3 is 2.73 bits per heavy atom. The Labute approximate surface area is 90.2 Å². The quantitative estimate of drug-likeness (QED) is 0.751. The summed E-state index contributed by atoms with van der Waals surface area (Å²) in [5.74, 6) is -0.798. The van der Waals surface area contributed by atoms with Gasteiger partial charge in [0.05, 0.1) is 19.1 Å². The van der Waals surface area contributed by atoms with Gasteiger partial charge < -0.3 is 14.7 Å². The molecule has 0 amide bonds. The number of ether oxygens (including phenoxy) is 1. The Morgan fingerprint density at radius 1 is 1.60 bits per heavy atom. The molecule has 2 saturated heterocycles. The Kier molecular flexibility index (Phi) is 2.98. The van der Waals surface area contributed by atoms with Gasteiger partial charge in [-0.25, -0.2) is 0 Å². The molecular weight excluding hydrogens is 194 g/mol. The predicted octanol–water partition coefficient (Wildman–Crippen LogP) is 0.820. The summed E-state index contributed by atoms with van der Waals surface area (Å²) in [5, 5.41) is 8.91. The first-order valence-corrected chi connectivity index (χ1v) is 5.68. The molecule has 2 fully saturated rings. The summed E-state index contributed by atoms with van der Waals surface area (Å²) in [6.07, 6.45) is 1.93. The number of likely N-dealkylation sites (tertiary alicyclic amines) is 1. The van der Waals surface area contributed by atoms with Crippen molar-refractivity contribution in [1.29, 1.82) is 0 Å². The summed E-state index contributed by atoms with van der Waals surface area (Å²) >= 11 is 0. The van der Waals surface area contributed by atoms with E-state index in [2.05, 4.69) is 11.8 Å². The Balaban J connectivity index is 1.84. The molecular formula is C11H19NO3. The molecule has 2 rings (SSSR count). The highest BCUT2D eigenvalue weighted by molar-refractivity contribution is 5.70. The van der Waals surface area contributed by atoms with Gasteiger partial charge in [0, 0.05) is 18.5 Å². The van der Waals surface area contributed by atoms with E-state index < -0.39 is 5.97 Å². The normalized spacial score (nSPS) is 30.1. The molecule has 2 heterocycles. The molecule has 4 heteroatoms. The van der Waals surface area contributed by atoms with Crippen LogP contribution in [0.1, 0.15) is 19.8 Å². The lowest BCUT2D eigenvalue weighted by atomic mass is 9.82. The summed E-state index contributed by atoms with van der Waals surface area (Å²) in [7, 11) is 0. The molecule has 1 unspecified atom stereocenters. The Hall–Kier alpha value is -0.610. The molecule has 15 heavy (non-hydrogen) atoms. The van der Waals surface area contributed by atoms with Crippen molar-refractivity contribution in [3.05, 3.63) is 0 Å². The minimum absolute atomic E-state index is 0.153. The van der Waals surface area contributed by atoms with Gasteiger partial charge in [-0.1, -0.05) is 6.92 Å². The molecule has 0 spiro atoms. The van der Waals surface area contributed by atoms with Gasteiger partial charge in [-0.2, -0.15) is 0 Å². The van der Waals surface area contributed by atoms with E-state index in [1.165, 1.54) is 0 Å². The fourth-order valence-electron chi connectivity index (χ4n) is 2.45. The molecule has 0 saturated carbocycles. The average molecular weight is 213 g/mol. The lowest BCUT2D eigenvalue weighted by Gasteiger charge is -2.43. The van der Waals surface area contributed by atoms with Gasteiger partial charge in [-0.3, -0.25) is 4.79 Å². The van der Waals surface area contributed by atoms with Crippen LogP contribution in [-0.2, 0) is 9.53 Å². The fourth-order valence-corrected chi connectivity index (χ4v) is 2.45. The maximum atomic E-state index is 10.8. The number of carboxylic acid groups (broad SMARTS) is 1. The van der Waals surface area contributed by atoms with Crippen LogP contribution < -0.4 is 0 Å². The molecule has 4 nitrogen and oxygen atoms in total. The SMILES string of the molecule is CCC1(CN2CCC(C(=O)O)C2)COC1. The van der Waals surface area contributed by atoms with Crippen LogP contribution in [0.4, 0.5) is 0 Å². The third-order valence-corrected chi connectivity index (χ3v) is 3.75. The first-order valence-electron chi connectivity index (χ1n) is 5.68. The predicted molar refractivity (Wildman–Crippen MR) is 55.7 cm³/mol. The van der Waals surface area contributed by atoms with E-state index in [-0.39, 0.29) is 5.92 Å². The minimum atomic E-state index is -0.645. The van der Waals surface area contributed by atoms with Crippen LogP contribution in [0, 0.1) is 11.3 Å². The third kappa shape index (κ3) is 2.16. The summed E-state index contributed by atoms with van der Waals surface area (Å²) in [6, 6.07) is 0. The second-order valence-electron chi connectivity index (χ2n) is 4.91. The second-order valence-corrected chi connectivity index (χ2v) is 4.91. The molecule has 0 radical (unpaired) electrons. The van der Waals surface area contributed by atoms with Gasteiger partial charge in [-0.05, 0) is 19.4 Å².